The first-order valence-corrected chi connectivity index (χ1v) is 14.7. The van der Waals surface area contributed by atoms with Crippen LogP contribution < -0.4 is 9.62 Å². The lowest BCUT2D eigenvalue weighted by Crippen LogP contribution is -2.53. The van der Waals surface area contributed by atoms with Crippen LogP contribution in [0, 0.1) is 0 Å². The molecule has 0 saturated heterocycles. The standard InChI is InChI=1S/C25H30Cl3N3O4S/c1-17(25(33)29-20-10-4-3-5-11-20)30(15-18-8-6-9-19(26)14-18)23(32)16-31(36(2,34)35)22-13-7-12-21(27)24(22)28/h6-9,12-14,17,20H,3-5,10-11,15-16H2,1-2H3,(H,29,33)/t17-/m0/s1. The fourth-order valence-corrected chi connectivity index (χ4v) is 5.78. The molecule has 11 heteroatoms. The van der Waals surface area contributed by atoms with Gasteiger partial charge in [-0.15, -0.1) is 0 Å². The van der Waals surface area contributed by atoms with E-state index in [0.29, 0.717) is 10.6 Å². The third-order valence-electron chi connectivity index (χ3n) is 6.24. The summed E-state index contributed by atoms with van der Waals surface area (Å²) in [5.41, 5.74) is 0.793. The van der Waals surface area contributed by atoms with Gasteiger partial charge in [-0.3, -0.25) is 13.9 Å². The van der Waals surface area contributed by atoms with Crippen molar-refractivity contribution in [2.75, 3.05) is 17.1 Å². The van der Waals surface area contributed by atoms with E-state index in [2.05, 4.69) is 5.32 Å². The third kappa shape index (κ3) is 7.51. The van der Waals surface area contributed by atoms with Gasteiger partial charge in [-0.1, -0.05) is 72.3 Å². The van der Waals surface area contributed by atoms with Crippen molar-refractivity contribution in [3.05, 3.63) is 63.1 Å². The molecule has 1 N–H and O–H groups in total. The first-order valence-electron chi connectivity index (χ1n) is 11.7. The van der Waals surface area contributed by atoms with Crippen LogP contribution in [0.25, 0.3) is 0 Å². The van der Waals surface area contributed by atoms with Crippen LogP contribution in [0.4, 0.5) is 5.69 Å². The van der Waals surface area contributed by atoms with E-state index in [1.54, 1.807) is 37.3 Å². The number of nitrogens with one attached hydrogen (secondary N) is 1. The van der Waals surface area contributed by atoms with E-state index in [9.17, 15) is 18.0 Å². The summed E-state index contributed by atoms with van der Waals surface area (Å²) in [7, 11) is -3.91. The smallest absolute Gasteiger partial charge is 0.244 e. The first-order chi connectivity index (χ1) is 17.0. The van der Waals surface area contributed by atoms with Gasteiger partial charge in [-0.2, -0.15) is 0 Å². The molecule has 36 heavy (non-hydrogen) atoms. The van der Waals surface area contributed by atoms with E-state index in [1.807, 2.05) is 0 Å². The van der Waals surface area contributed by atoms with Gasteiger partial charge in [0, 0.05) is 17.6 Å². The summed E-state index contributed by atoms with van der Waals surface area (Å²) in [6, 6.07) is 10.7. The number of amides is 2. The summed E-state index contributed by atoms with van der Waals surface area (Å²) in [6.07, 6.45) is 6.03. The fraction of sp³-hybridized carbons (Fsp3) is 0.440. The molecule has 1 atom stereocenters. The molecule has 1 aliphatic carbocycles. The number of hydrogen-bond donors (Lipinski definition) is 1. The van der Waals surface area contributed by atoms with Gasteiger partial charge in [0.2, 0.25) is 21.8 Å². The maximum absolute atomic E-state index is 13.6. The Morgan fingerprint density at radius 1 is 1.06 bits per heavy atom. The Labute approximate surface area is 227 Å². The number of nitrogens with zero attached hydrogens (tertiary/aromatic N) is 2. The average Bonchev–Trinajstić information content (AvgIpc) is 2.82. The molecule has 0 bridgehead atoms. The number of hydrogen-bond acceptors (Lipinski definition) is 4. The van der Waals surface area contributed by atoms with Crippen LogP contribution in [0.2, 0.25) is 15.1 Å². The number of carbonyl (C=O) groups is 2. The average molecular weight is 575 g/mol. The van der Waals surface area contributed by atoms with Gasteiger partial charge < -0.3 is 10.2 Å². The van der Waals surface area contributed by atoms with Crippen LogP contribution in [-0.4, -0.2) is 50.0 Å². The van der Waals surface area contributed by atoms with Gasteiger partial charge in [0.15, 0.2) is 0 Å². The largest absolute Gasteiger partial charge is 0.352 e. The number of halogens is 3. The fourth-order valence-electron chi connectivity index (χ4n) is 4.26. The summed E-state index contributed by atoms with van der Waals surface area (Å²) < 4.78 is 26.3. The monoisotopic (exact) mass is 573 g/mol. The molecule has 0 aromatic heterocycles. The Balaban J connectivity index is 1.90. The highest BCUT2D eigenvalue weighted by atomic mass is 35.5. The van der Waals surface area contributed by atoms with E-state index >= 15 is 0 Å². The lowest BCUT2D eigenvalue weighted by molar-refractivity contribution is -0.139. The molecule has 1 aliphatic rings. The molecule has 1 fully saturated rings. The van der Waals surface area contributed by atoms with Gasteiger partial charge >= 0.3 is 0 Å². The minimum absolute atomic E-state index is 0.0156. The lowest BCUT2D eigenvalue weighted by Gasteiger charge is -2.33. The van der Waals surface area contributed by atoms with Crippen LogP contribution in [0.3, 0.4) is 0 Å². The van der Waals surface area contributed by atoms with Crippen molar-refractivity contribution in [1.82, 2.24) is 10.2 Å². The summed E-state index contributed by atoms with van der Waals surface area (Å²) in [5, 5.41) is 3.72. The highest BCUT2D eigenvalue weighted by molar-refractivity contribution is 7.92. The molecule has 1 saturated carbocycles. The second kappa shape index (κ2) is 12.5. The molecule has 0 spiro atoms. The number of rotatable bonds is 9. The molecular formula is C25H30Cl3N3O4S. The molecule has 2 aromatic carbocycles. The van der Waals surface area contributed by atoms with Crippen molar-refractivity contribution in [3.8, 4) is 0 Å². The van der Waals surface area contributed by atoms with Crippen molar-refractivity contribution < 1.29 is 18.0 Å². The molecule has 7 nitrogen and oxygen atoms in total. The Bertz CT molecular complexity index is 1200. The van der Waals surface area contributed by atoms with E-state index in [0.717, 1.165) is 42.7 Å². The zero-order valence-corrected chi connectivity index (χ0v) is 23.3. The molecule has 0 unspecified atom stereocenters. The maximum Gasteiger partial charge on any atom is 0.244 e. The van der Waals surface area contributed by atoms with Crippen molar-refractivity contribution in [2.24, 2.45) is 0 Å². The van der Waals surface area contributed by atoms with Gasteiger partial charge in [0.1, 0.15) is 12.6 Å². The Kier molecular flexibility index (Phi) is 9.92. The highest BCUT2D eigenvalue weighted by Gasteiger charge is 2.32. The second-order valence-electron chi connectivity index (χ2n) is 9.01. The van der Waals surface area contributed by atoms with E-state index in [1.165, 1.54) is 17.0 Å². The molecule has 0 aliphatic heterocycles. The minimum Gasteiger partial charge on any atom is -0.352 e. The summed E-state index contributed by atoms with van der Waals surface area (Å²) in [5.74, 6) is -0.855. The van der Waals surface area contributed by atoms with E-state index in [4.69, 9.17) is 34.8 Å². The maximum atomic E-state index is 13.6. The molecular weight excluding hydrogens is 545 g/mol. The van der Waals surface area contributed by atoms with Gasteiger partial charge in [-0.05, 0) is 49.6 Å². The van der Waals surface area contributed by atoms with Crippen molar-refractivity contribution in [1.29, 1.82) is 0 Å². The predicted molar refractivity (Wildman–Crippen MR) is 145 cm³/mol. The Morgan fingerprint density at radius 3 is 2.36 bits per heavy atom. The normalized spacial score (nSPS) is 15.2. The molecule has 0 heterocycles. The van der Waals surface area contributed by atoms with Crippen molar-refractivity contribution in [3.63, 3.8) is 0 Å². The molecule has 196 valence electrons. The lowest BCUT2D eigenvalue weighted by atomic mass is 9.95. The summed E-state index contributed by atoms with van der Waals surface area (Å²) in [4.78, 5) is 28.2. The number of sulfonamides is 1. The SMILES string of the molecule is C[C@@H](C(=O)NC1CCCCC1)N(Cc1cccc(Cl)c1)C(=O)CN(c1cccc(Cl)c1Cl)S(C)(=O)=O. The van der Waals surface area contributed by atoms with Crippen LogP contribution in [-0.2, 0) is 26.2 Å². The molecule has 0 radical (unpaired) electrons. The van der Waals surface area contributed by atoms with Gasteiger partial charge in [0.25, 0.3) is 0 Å². The zero-order valence-electron chi connectivity index (χ0n) is 20.2. The summed E-state index contributed by atoms with van der Waals surface area (Å²) >= 11 is 18.5. The highest BCUT2D eigenvalue weighted by Crippen LogP contribution is 2.33. The quantitative estimate of drug-likeness (QED) is 0.442. The second-order valence-corrected chi connectivity index (χ2v) is 12.1. The third-order valence-corrected chi connectivity index (χ3v) is 8.41. The minimum atomic E-state index is -3.91. The number of benzene rings is 2. The zero-order chi connectivity index (χ0) is 26.5. The van der Waals surface area contributed by atoms with Crippen molar-refractivity contribution >= 4 is 62.3 Å². The van der Waals surface area contributed by atoms with Crippen LogP contribution in [0.15, 0.2) is 42.5 Å². The predicted octanol–water partition coefficient (Wildman–Crippen LogP) is 5.28. The Morgan fingerprint density at radius 2 is 1.72 bits per heavy atom. The molecule has 2 aromatic rings. The number of carbonyl (C=O) groups excluding carboxylic acids is 2. The van der Waals surface area contributed by atoms with Crippen LogP contribution in [0.1, 0.15) is 44.6 Å². The first kappa shape index (κ1) is 28.6. The Hall–Kier alpha value is -2.00. The number of anilines is 1. The van der Waals surface area contributed by atoms with Crippen molar-refractivity contribution in [2.45, 2.75) is 57.7 Å². The van der Waals surface area contributed by atoms with Gasteiger partial charge in [0.05, 0.1) is 22.0 Å². The topological polar surface area (TPSA) is 86.8 Å². The van der Waals surface area contributed by atoms with Crippen LogP contribution in [0.5, 0.6) is 0 Å². The van der Waals surface area contributed by atoms with Gasteiger partial charge in [-0.25, -0.2) is 8.42 Å². The molecule has 3 rings (SSSR count). The van der Waals surface area contributed by atoms with Crippen LogP contribution >= 0.6 is 34.8 Å². The van der Waals surface area contributed by atoms with E-state index < -0.39 is 28.5 Å². The summed E-state index contributed by atoms with van der Waals surface area (Å²) in [6.45, 7) is 1.15. The molecule has 2 amide bonds. The van der Waals surface area contributed by atoms with E-state index in [-0.39, 0.29) is 34.2 Å².